The molecule has 1 aliphatic rings. The lowest BCUT2D eigenvalue weighted by atomic mass is 10.0. The number of nitrogens with zero attached hydrogens (tertiary/aromatic N) is 1. The number of amides is 1. The molecule has 0 unspecified atom stereocenters. The van der Waals surface area contributed by atoms with Crippen LogP contribution in [-0.2, 0) is 11.2 Å². The third kappa shape index (κ3) is 2.87. The van der Waals surface area contributed by atoms with Gasteiger partial charge < -0.3 is 10.6 Å². The zero-order valence-electron chi connectivity index (χ0n) is 10.8. The first kappa shape index (κ1) is 13.4. The van der Waals surface area contributed by atoms with Gasteiger partial charge in [-0.1, -0.05) is 0 Å². The Balaban J connectivity index is 2.14. The van der Waals surface area contributed by atoms with Crippen LogP contribution in [0, 0.1) is 0 Å². The molecule has 0 aliphatic carbocycles. The molecule has 0 spiro atoms. The summed E-state index contributed by atoms with van der Waals surface area (Å²) in [6.45, 7) is 3.53. The van der Waals surface area contributed by atoms with E-state index < -0.39 is 0 Å². The summed E-state index contributed by atoms with van der Waals surface area (Å²) in [5.74, 6) is 1.31. The monoisotopic (exact) mass is 264 g/mol. The minimum absolute atomic E-state index is 0.244. The number of thioether (sulfide) groups is 1. The molecular formula is C14H20N2OS. The first-order valence-electron chi connectivity index (χ1n) is 6.52. The van der Waals surface area contributed by atoms with E-state index in [9.17, 15) is 4.79 Å². The second kappa shape index (κ2) is 6.25. The first-order chi connectivity index (χ1) is 8.76. The molecule has 0 saturated heterocycles. The number of carbonyl (C=O) groups is 1. The van der Waals surface area contributed by atoms with Gasteiger partial charge in [0.05, 0.1) is 0 Å². The highest BCUT2D eigenvalue weighted by Crippen LogP contribution is 2.31. The lowest BCUT2D eigenvalue weighted by Crippen LogP contribution is -2.34. The van der Waals surface area contributed by atoms with E-state index in [4.69, 9.17) is 5.73 Å². The summed E-state index contributed by atoms with van der Waals surface area (Å²) in [7, 11) is 0. The molecule has 2 N–H and O–H groups in total. The van der Waals surface area contributed by atoms with Crippen LogP contribution in [0.25, 0.3) is 0 Å². The molecule has 1 heterocycles. The molecule has 4 heteroatoms. The van der Waals surface area contributed by atoms with E-state index in [-0.39, 0.29) is 5.91 Å². The Morgan fingerprint density at radius 2 is 2.22 bits per heavy atom. The summed E-state index contributed by atoms with van der Waals surface area (Å²) in [4.78, 5) is 15.0. The Kier molecular flexibility index (Phi) is 4.66. The number of hydrogen-bond acceptors (Lipinski definition) is 3. The first-order valence-corrected chi connectivity index (χ1v) is 7.51. The Bertz CT molecular complexity index is 434. The Labute approximate surface area is 113 Å². The quantitative estimate of drug-likeness (QED) is 0.656. The average Bonchev–Trinajstić information content (AvgIpc) is 2.39. The van der Waals surface area contributed by atoms with Gasteiger partial charge in [-0.3, -0.25) is 4.79 Å². The molecule has 18 heavy (non-hydrogen) atoms. The fraction of sp³-hybridized carbons (Fsp3) is 0.500. The number of fused-ring (bicyclic) bond motifs is 1. The van der Waals surface area contributed by atoms with Crippen LogP contribution < -0.4 is 10.6 Å². The number of hydrogen-bond donors (Lipinski definition) is 1. The van der Waals surface area contributed by atoms with Crippen LogP contribution in [0.2, 0.25) is 0 Å². The minimum atomic E-state index is 0.244. The van der Waals surface area contributed by atoms with Gasteiger partial charge in [-0.25, -0.2) is 0 Å². The second-order valence-corrected chi connectivity index (χ2v) is 5.59. The van der Waals surface area contributed by atoms with Crippen molar-refractivity contribution in [3.8, 4) is 0 Å². The molecule has 0 saturated carbocycles. The van der Waals surface area contributed by atoms with Gasteiger partial charge in [0.25, 0.3) is 0 Å². The summed E-state index contributed by atoms with van der Waals surface area (Å²) < 4.78 is 0. The summed E-state index contributed by atoms with van der Waals surface area (Å²) in [6, 6.07) is 6.42. The molecule has 1 aromatic rings. The molecule has 0 bridgehead atoms. The summed E-state index contributed by atoms with van der Waals surface area (Å²) in [5, 5.41) is 0. The van der Waals surface area contributed by atoms with Crippen molar-refractivity contribution in [1.29, 1.82) is 0 Å². The normalized spacial score (nSPS) is 14.8. The summed E-state index contributed by atoms with van der Waals surface area (Å²) in [6.07, 6.45) is 2.55. The van der Waals surface area contributed by atoms with Crippen molar-refractivity contribution in [2.24, 2.45) is 5.73 Å². The number of rotatable bonds is 5. The molecule has 3 nitrogen and oxygen atoms in total. The molecule has 1 aromatic carbocycles. The Hall–Kier alpha value is -1.00. The van der Waals surface area contributed by atoms with Gasteiger partial charge in [-0.15, -0.1) is 11.8 Å². The minimum Gasteiger partial charge on any atom is -0.330 e. The summed E-state index contributed by atoms with van der Waals surface area (Å²) >= 11 is 1.84. The van der Waals surface area contributed by atoms with Gasteiger partial charge in [0, 0.05) is 23.5 Å². The van der Waals surface area contributed by atoms with E-state index >= 15 is 0 Å². The zero-order chi connectivity index (χ0) is 13.0. The highest BCUT2D eigenvalue weighted by atomic mass is 32.2. The maximum Gasteiger partial charge on any atom is 0.227 e. The van der Waals surface area contributed by atoms with E-state index in [2.05, 4.69) is 18.2 Å². The van der Waals surface area contributed by atoms with Crippen LogP contribution >= 0.6 is 11.8 Å². The smallest absolute Gasteiger partial charge is 0.227 e. The van der Waals surface area contributed by atoms with Gasteiger partial charge in [0.15, 0.2) is 0 Å². The molecule has 98 valence electrons. The van der Waals surface area contributed by atoms with Gasteiger partial charge in [0.2, 0.25) is 5.91 Å². The number of benzene rings is 1. The Morgan fingerprint density at radius 1 is 1.39 bits per heavy atom. The van der Waals surface area contributed by atoms with Crippen LogP contribution in [0.1, 0.15) is 25.3 Å². The number of carbonyl (C=O) groups excluding carboxylic acids is 1. The maximum absolute atomic E-state index is 11.8. The average molecular weight is 264 g/mol. The zero-order valence-corrected chi connectivity index (χ0v) is 11.6. The largest absolute Gasteiger partial charge is 0.330 e. The second-order valence-electron chi connectivity index (χ2n) is 4.42. The molecule has 1 aliphatic heterocycles. The number of anilines is 1. The van der Waals surface area contributed by atoms with Crippen molar-refractivity contribution in [3.63, 3.8) is 0 Å². The topological polar surface area (TPSA) is 46.3 Å². The van der Waals surface area contributed by atoms with Crippen molar-refractivity contribution in [2.45, 2.75) is 31.1 Å². The van der Waals surface area contributed by atoms with Crippen molar-refractivity contribution >= 4 is 23.4 Å². The molecular weight excluding hydrogens is 244 g/mol. The highest BCUT2D eigenvalue weighted by molar-refractivity contribution is 7.99. The van der Waals surface area contributed by atoms with Crippen molar-refractivity contribution in [3.05, 3.63) is 23.8 Å². The predicted octanol–water partition coefficient (Wildman–Crippen LogP) is 2.43. The number of nitrogens with two attached hydrogens (primary N) is 1. The SMILES string of the molecule is CCN1C(=O)CCc2cc(SCCCN)ccc21. The fourth-order valence-corrected chi connectivity index (χ4v) is 3.18. The van der Waals surface area contributed by atoms with E-state index in [1.807, 2.05) is 23.6 Å². The van der Waals surface area contributed by atoms with Crippen LogP contribution in [0.5, 0.6) is 0 Å². The van der Waals surface area contributed by atoms with Crippen LogP contribution in [-0.4, -0.2) is 24.7 Å². The third-order valence-corrected chi connectivity index (χ3v) is 4.26. The Morgan fingerprint density at radius 3 is 2.94 bits per heavy atom. The van der Waals surface area contributed by atoms with E-state index in [0.717, 1.165) is 37.4 Å². The van der Waals surface area contributed by atoms with Crippen LogP contribution in [0.4, 0.5) is 5.69 Å². The fourth-order valence-electron chi connectivity index (χ4n) is 2.25. The van der Waals surface area contributed by atoms with Gasteiger partial charge in [-0.05, 0) is 55.8 Å². The van der Waals surface area contributed by atoms with Crippen LogP contribution in [0.3, 0.4) is 0 Å². The third-order valence-electron chi connectivity index (χ3n) is 3.18. The predicted molar refractivity (Wildman–Crippen MR) is 77.2 cm³/mol. The van der Waals surface area contributed by atoms with Crippen LogP contribution in [0.15, 0.2) is 23.1 Å². The molecule has 2 rings (SSSR count). The van der Waals surface area contributed by atoms with Gasteiger partial charge >= 0.3 is 0 Å². The van der Waals surface area contributed by atoms with Crippen molar-refractivity contribution < 1.29 is 4.79 Å². The lowest BCUT2D eigenvalue weighted by Gasteiger charge is -2.28. The molecule has 0 atom stereocenters. The lowest BCUT2D eigenvalue weighted by molar-refractivity contribution is -0.118. The number of aryl methyl sites for hydroxylation is 1. The maximum atomic E-state index is 11.8. The van der Waals surface area contributed by atoms with Crippen molar-refractivity contribution in [1.82, 2.24) is 0 Å². The van der Waals surface area contributed by atoms with Gasteiger partial charge in [-0.2, -0.15) is 0 Å². The standard InChI is InChI=1S/C14H20N2OS/c1-2-16-13-6-5-12(18-9-3-8-15)10-11(13)4-7-14(16)17/h5-6,10H,2-4,7-9,15H2,1H3. The highest BCUT2D eigenvalue weighted by Gasteiger charge is 2.22. The van der Waals surface area contributed by atoms with Crippen molar-refractivity contribution in [2.75, 3.05) is 23.7 Å². The molecule has 0 radical (unpaired) electrons. The van der Waals surface area contributed by atoms with E-state index in [0.29, 0.717) is 6.42 Å². The summed E-state index contributed by atoms with van der Waals surface area (Å²) in [5.41, 5.74) is 7.89. The van der Waals surface area contributed by atoms with E-state index in [1.54, 1.807) is 0 Å². The molecule has 0 aromatic heterocycles. The van der Waals surface area contributed by atoms with Gasteiger partial charge in [0.1, 0.15) is 0 Å². The molecule has 0 fully saturated rings. The molecule has 1 amide bonds. The van der Waals surface area contributed by atoms with E-state index in [1.165, 1.54) is 10.5 Å².